The molecule has 2 heterocycles. The van der Waals surface area contributed by atoms with Crippen molar-refractivity contribution in [2.24, 2.45) is 0 Å². The van der Waals surface area contributed by atoms with Gasteiger partial charge in [0.2, 0.25) is 0 Å². The summed E-state index contributed by atoms with van der Waals surface area (Å²) in [7, 11) is 0. The fraction of sp³-hybridized carbons (Fsp3) is 0.333. The second-order valence-corrected chi connectivity index (χ2v) is 6.72. The summed E-state index contributed by atoms with van der Waals surface area (Å²) in [5, 5.41) is 0. The standard InChI is InChI=1S/C21H22N2O3/c24-20(16-5-2-1-3-6-16)22-10-4-11-23(13-12-22)21(25)18-7-8-19-17(15-18)9-14-26-19/h1-3,5-8,15H,4,9-14H2. The van der Waals surface area contributed by atoms with Crippen LogP contribution in [0.3, 0.4) is 0 Å². The molecule has 134 valence electrons. The molecule has 2 aliphatic rings. The van der Waals surface area contributed by atoms with Gasteiger partial charge in [-0.3, -0.25) is 9.59 Å². The van der Waals surface area contributed by atoms with Crippen LogP contribution in [-0.4, -0.2) is 54.4 Å². The maximum absolute atomic E-state index is 12.9. The van der Waals surface area contributed by atoms with Gasteiger partial charge in [0.05, 0.1) is 6.61 Å². The third-order valence-electron chi connectivity index (χ3n) is 5.03. The van der Waals surface area contributed by atoms with Crippen molar-refractivity contribution in [3.63, 3.8) is 0 Å². The van der Waals surface area contributed by atoms with E-state index in [0.29, 0.717) is 43.9 Å². The summed E-state index contributed by atoms with van der Waals surface area (Å²) in [6.07, 6.45) is 1.65. The third-order valence-corrected chi connectivity index (χ3v) is 5.03. The first-order valence-electron chi connectivity index (χ1n) is 9.12. The lowest BCUT2D eigenvalue weighted by Crippen LogP contribution is -2.37. The molecule has 0 N–H and O–H groups in total. The largest absolute Gasteiger partial charge is 0.493 e. The minimum Gasteiger partial charge on any atom is -0.493 e. The van der Waals surface area contributed by atoms with Crippen LogP contribution in [0.4, 0.5) is 0 Å². The molecule has 1 fully saturated rings. The van der Waals surface area contributed by atoms with Crippen molar-refractivity contribution in [1.29, 1.82) is 0 Å². The van der Waals surface area contributed by atoms with Crippen molar-refractivity contribution in [2.75, 3.05) is 32.8 Å². The molecule has 26 heavy (non-hydrogen) atoms. The number of hydrogen-bond acceptors (Lipinski definition) is 3. The van der Waals surface area contributed by atoms with E-state index in [1.807, 2.05) is 58.3 Å². The molecule has 2 aromatic carbocycles. The number of fused-ring (bicyclic) bond motifs is 1. The Kier molecular flexibility index (Phi) is 4.61. The van der Waals surface area contributed by atoms with Gasteiger partial charge in [-0.2, -0.15) is 0 Å². The topological polar surface area (TPSA) is 49.9 Å². The molecule has 5 heteroatoms. The summed E-state index contributed by atoms with van der Waals surface area (Å²) in [5.41, 5.74) is 2.51. The Bertz CT molecular complexity index is 819. The van der Waals surface area contributed by atoms with Crippen molar-refractivity contribution in [3.8, 4) is 5.75 Å². The lowest BCUT2D eigenvalue weighted by atomic mass is 10.1. The van der Waals surface area contributed by atoms with Crippen molar-refractivity contribution < 1.29 is 14.3 Å². The summed E-state index contributed by atoms with van der Waals surface area (Å²) >= 11 is 0. The molecular weight excluding hydrogens is 328 g/mol. The lowest BCUT2D eigenvalue weighted by Gasteiger charge is -2.22. The van der Waals surface area contributed by atoms with Crippen molar-refractivity contribution >= 4 is 11.8 Å². The van der Waals surface area contributed by atoms with Gasteiger partial charge in [0.1, 0.15) is 5.75 Å². The van der Waals surface area contributed by atoms with E-state index in [0.717, 1.165) is 24.2 Å². The number of nitrogens with zero attached hydrogens (tertiary/aromatic N) is 2. The third kappa shape index (κ3) is 3.29. The average Bonchev–Trinajstić information content (AvgIpc) is 3.02. The van der Waals surface area contributed by atoms with Crippen LogP contribution < -0.4 is 4.74 Å². The Morgan fingerprint density at radius 1 is 0.808 bits per heavy atom. The molecule has 1 saturated heterocycles. The quantitative estimate of drug-likeness (QED) is 0.837. The van der Waals surface area contributed by atoms with E-state index in [4.69, 9.17) is 4.74 Å². The maximum Gasteiger partial charge on any atom is 0.253 e. The van der Waals surface area contributed by atoms with Crippen molar-refractivity contribution in [2.45, 2.75) is 12.8 Å². The molecule has 2 aromatic rings. The van der Waals surface area contributed by atoms with E-state index in [-0.39, 0.29) is 11.8 Å². The number of benzene rings is 2. The summed E-state index contributed by atoms with van der Waals surface area (Å²) < 4.78 is 5.51. The summed E-state index contributed by atoms with van der Waals surface area (Å²) in [5.74, 6) is 0.959. The van der Waals surface area contributed by atoms with E-state index in [9.17, 15) is 9.59 Å². The number of rotatable bonds is 2. The lowest BCUT2D eigenvalue weighted by molar-refractivity contribution is 0.0718. The molecule has 0 atom stereocenters. The number of carbonyl (C=O) groups is 2. The van der Waals surface area contributed by atoms with Crippen LogP contribution in [-0.2, 0) is 6.42 Å². The minimum atomic E-state index is 0.0358. The highest BCUT2D eigenvalue weighted by Crippen LogP contribution is 2.26. The predicted molar refractivity (Wildman–Crippen MR) is 98.5 cm³/mol. The SMILES string of the molecule is O=C(c1ccccc1)N1CCCN(C(=O)c2ccc3c(c2)CCO3)CC1. The van der Waals surface area contributed by atoms with Gasteiger partial charge in [-0.25, -0.2) is 0 Å². The maximum atomic E-state index is 12.9. The van der Waals surface area contributed by atoms with E-state index in [2.05, 4.69) is 0 Å². The van der Waals surface area contributed by atoms with Crippen LogP contribution in [0.5, 0.6) is 5.75 Å². The van der Waals surface area contributed by atoms with Gasteiger partial charge in [-0.1, -0.05) is 18.2 Å². The van der Waals surface area contributed by atoms with Crippen LogP contribution in [0.25, 0.3) is 0 Å². The minimum absolute atomic E-state index is 0.0358. The molecular formula is C21H22N2O3. The van der Waals surface area contributed by atoms with E-state index >= 15 is 0 Å². The van der Waals surface area contributed by atoms with Gasteiger partial charge in [0, 0.05) is 43.7 Å². The number of carbonyl (C=O) groups excluding carboxylic acids is 2. The summed E-state index contributed by atoms with van der Waals surface area (Å²) in [6.45, 7) is 3.16. The molecule has 0 aliphatic carbocycles. The van der Waals surface area contributed by atoms with Crippen LogP contribution in [0.1, 0.15) is 32.7 Å². The molecule has 4 rings (SSSR count). The van der Waals surface area contributed by atoms with E-state index < -0.39 is 0 Å². The van der Waals surface area contributed by atoms with Crippen LogP contribution in [0.15, 0.2) is 48.5 Å². The summed E-state index contributed by atoms with van der Waals surface area (Å²) in [6, 6.07) is 15.0. The second kappa shape index (κ2) is 7.20. The normalized spacial score (nSPS) is 16.6. The number of ether oxygens (including phenoxy) is 1. The van der Waals surface area contributed by atoms with E-state index in [1.165, 1.54) is 0 Å². The molecule has 2 amide bonds. The smallest absolute Gasteiger partial charge is 0.253 e. The number of hydrogen-bond donors (Lipinski definition) is 0. The van der Waals surface area contributed by atoms with Crippen molar-refractivity contribution in [1.82, 2.24) is 9.80 Å². The van der Waals surface area contributed by atoms with Crippen molar-refractivity contribution in [3.05, 3.63) is 65.2 Å². The molecule has 2 aliphatic heterocycles. The van der Waals surface area contributed by atoms with Gasteiger partial charge < -0.3 is 14.5 Å². The average molecular weight is 350 g/mol. The highest BCUT2D eigenvalue weighted by molar-refractivity contribution is 5.95. The Morgan fingerprint density at radius 2 is 1.50 bits per heavy atom. The number of amides is 2. The Morgan fingerprint density at radius 3 is 2.23 bits per heavy atom. The molecule has 0 radical (unpaired) electrons. The Hall–Kier alpha value is -2.82. The first kappa shape index (κ1) is 16.6. The van der Waals surface area contributed by atoms with Crippen LogP contribution >= 0.6 is 0 Å². The fourth-order valence-electron chi connectivity index (χ4n) is 3.59. The van der Waals surface area contributed by atoms with Gasteiger partial charge in [0.15, 0.2) is 0 Å². The fourth-order valence-corrected chi connectivity index (χ4v) is 3.59. The van der Waals surface area contributed by atoms with Gasteiger partial charge in [-0.05, 0) is 42.3 Å². The first-order chi connectivity index (χ1) is 12.7. The van der Waals surface area contributed by atoms with Gasteiger partial charge in [0.25, 0.3) is 11.8 Å². The second-order valence-electron chi connectivity index (χ2n) is 6.72. The molecule has 5 nitrogen and oxygen atoms in total. The Labute approximate surface area is 153 Å². The predicted octanol–water partition coefficient (Wildman–Crippen LogP) is 2.61. The molecule has 0 bridgehead atoms. The monoisotopic (exact) mass is 350 g/mol. The highest BCUT2D eigenvalue weighted by atomic mass is 16.5. The van der Waals surface area contributed by atoms with Crippen LogP contribution in [0, 0.1) is 0 Å². The molecule has 0 saturated carbocycles. The van der Waals surface area contributed by atoms with E-state index in [1.54, 1.807) is 0 Å². The summed E-state index contributed by atoms with van der Waals surface area (Å²) in [4.78, 5) is 29.2. The van der Waals surface area contributed by atoms with Gasteiger partial charge >= 0.3 is 0 Å². The zero-order chi connectivity index (χ0) is 17.9. The molecule has 0 unspecified atom stereocenters. The van der Waals surface area contributed by atoms with Crippen LogP contribution in [0.2, 0.25) is 0 Å². The zero-order valence-electron chi connectivity index (χ0n) is 14.7. The molecule has 0 aromatic heterocycles. The first-order valence-corrected chi connectivity index (χ1v) is 9.12. The molecule has 0 spiro atoms. The van der Waals surface area contributed by atoms with Gasteiger partial charge in [-0.15, -0.1) is 0 Å². The highest BCUT2D eigenvalue weighted by Gasteiger charge is 2.24. The zero-order valence-corrected chi connectivity index (χ0v) is 14.7. The Balaban J connectivity index is 1.43.